The number of aromatic nitrogens is 3. The normalized spacial score (nSPS) is 14.9. The fourth-order valence-corrected chi connectivity index (χ4v) is 5.29. The summed E-state index contributed by atoms with van der Waals surface area (Å²) >= 11 is 3.24. The summed E-state index contributed by atoms with van der Waals surface area (Å²) in [7, 11) is 0. The highest BCUT2D eigenvalue weighted by Gasteiger charge is 2.17. The molecular formula is C19H21FN4OS2. The molecule has 2 aromatic heterocycles. The van der Waals surface area contributed by atoms with E-state index < -0.39 is 0 Å². The molecule has 0 spiro atoms. The van der Waals surface area contributed by atoms with Crippen molar-refractivity contribution >= 4 is 34.0 Å². The van der Waals surface area contributed by atoms with Crippen LogP contribution in [0.25, 0.3) is 16.3 Å². The molecule has 4 rings (SSSR count). The first-order valence-electron chi connectivity index (χ1n) is 9.17. The Morgan fingerprint density at radius 1 is 1.33 bits per heavy atom. The van der Waals surface area contributed by atoms with E-state index in [-0.39, 0.29) is 11.7 Å². The van der Waals surface area contributed by atoms with E-state index in [1.807, 2.05) is 5.38 Å². The standard InChI is InChI=1S/C19H21FN4OS2/c20-16-8-4-3-7-15(16)18-22-19-24(23-18)13(11-27-19)9-10-21-17(25)12-26-14-5-1-2-6-14/h3-4,7-8,11,14H,1-2,5-6,9-10,12H2,(H,21,25). The molecule has 0 aliphatic heterocycles. The van der Waals surface area contributed by atoms with Gasteiger partial charge in [-0.3, -0.25) is 4.79 Å². The summed E-state index contributed by atoms with van der Waals surface area (Å²) in [4.78, 5) is 17.2. The van der Waals surface area contributed by atoms with E-state index in [1.165, 1.54) is 43.1 Å². The van der Waals surface area contributed by atoms with Crippen LogP contribution in [-0.2, 0) is 11.2 Å². The number of thiazole rings is 1. The van der Waals surface area contributed by atoms with Crippen LogP contribution in [0.2, 0.25) is 0 Å². The predicted octanol–water partition coefficient (Wildman–Crippen LogP) is 3.93. The van der Waals surface area contributed by atoms with Crippen LogP contribution in [0, 0.1) is 5.82 Å². The first-order chi connectivity index (χ1) is 13.2. The van der Waals surface area contributed by atoms with E-state index in [9.17, 15) is 9.18 Å². The molecule has 0 bridgehead atoms. The van der Waals surface area contributed by atoms with Gasteiger partial charge in [0, 0.05) is 23.6 Å². The van der Waals surface area contributed by atoms with E-state index in [4.69, 9.17) is 0 Å². The zero-order chi connectivity index (χ0) is 18.6. The van der Waals surface area contributed by atoms with Crippen molar-refractivity contribution in [1.82, 2.24) is 19.9 Å². The van der Waals surface area contributed by atoms with E-state index >= 15 is 0 Å². The molecule has 1 aliphatic carbocycles. The molecule has 1 aliphatic rings. The number of carbonyl (C=O) groups excluding carboxylic acids is 1. The Morgan fingerprint density at radius 2 is 2.15 bits per heavy atom. The van der Waals surface area contributed by atoms with Gasteiger partial charge < -0.3 is 5.32 Å². The molecule has 0 atom stereocenters. The Hall–Kier alpha value is -1.93. The van der Waals surface area contributed by atoms with Crippen LogP contribution in [0.1, 0.15) is 31.4 Å². The number of carbonyl (C=O) groups is 1. The fraction of sp³-hybridized carbons (Fsp3) is 0.421. The summed E-state index contributed by atoms with van der Waals surface area (Å²) in [5, 5.41) is 10.1. The summed E-state index contributed by atoms with van der Waals surface area (Å²) in [5.41, 5.74) is 1.37. The quantitative estimate of drug-likeness (QED) is 0.648. The smallest absolute Gasteiger partial charge is 0.230 e. The number of fused-ring (bicyclic) bond motifs is 1. The van der Waals surface area contributed by atoms with Crippen LogP contribution < -0.4 is 5.32 Å². The average molecular weight is 405 g/mol. The van der Waals surface area contributed by atoms with Crippen molar-refractivity contribution in [2.45, 2.75) is 37.4 Å². The number of hydrogen-bond donors (Lipinski definition) is 1. The molecule has 1 aromatic carbocycles. The maximum atomic E-state index is 14.0. The highest BCUT2D eigenvalue weighted by Crippen LogP contribution is 2.29. The second-order valence-electron chi connectivity index (χ2n) is 6.65. The van der Waals surface area contributed by atoms with Gasteiger partial charge in [0.25, 0.3) is 0 Å². The summed E-state index contributed by atoms with van der Waals surface area (Å²) in [5.74, 6) is 0.677. The van der Waals surface area contributed by atoms with Gasteiger partial charge in [0.2, 0.25) is 10.9 Å². The van der Waals surface area contributed by atoms with Crippen LogP contribution in [0.4, 0.5) is 4.39 Å². The van der Waals surface area contributed by atoms with Crippen LogP contribution in [0.3, 0.4) is 0 Å². The van der Waals surface area contributed by atoms with E-state index in [0.717, 1.165) is 10.7 Å². The second kappa shape index (κ2) is 8.39. The molecular weight excluding hydrogens is 383 g/mol. The van der Waals surface area contributed by atoms with Gasteiger partial charge in [0.1, 0.15) is 5.82 Å². The highest BCUT2D eigenvalue weighted by molar-refractivity contribution is 8.00. The monoisotopic (exact) mass is 404 g/mol. The van der Waals surface area contributed by atoms with Crippen molar-refractivity contribution in [3.8, 4) is 11.4 Å². The van der Waals surface area contributed by atoms with Gasteiger partial charge >= 0.3 is 0 Å². The van der Waals surface area contributed by atoms with Gasteiger partial charge in [-0.15, -0.1) is 28.2 Å². The van der Waals surface area contributed by atoms with E-state index in [1.54, 1.807) is 34.5 Å². The highest BCUT2D eigenvalue weighted by atomic mass is 32.2. The lowest BCUT2D eigenvalue weighted by Crippen LogP contribution is -2.28. The summed E-state index contributed by atoms with van der Waals surface area (Å²) in [6, 6.07) is 6.51. The molecule has 0 saturated heterocycles. The SMILES string of the molecule is O=C(CSC1CCCC1)NCCc1csc2nc(-c3ccccc3F)nn12. The van der Waals surface area contributed by atoms with Gasteiger partial charge in [-0.2, -0.15) is 4.98 Å². The Kier molecular flexibility index (Phi) is 5.73. The average Bonchev–Trinajstić information content (AvgIpc) is 3.39. The lowest BCUT2D eigenvalue weighted by molar-refractivity contribution is -0.118. The molecule has 1 fully saturated rings. The third-order valence-electron chi connectivity index (χ3n) is 4.72. The molecule has 0 radical (unpaired) electrons. The zero-order valence-corrected chi connectivity index (χ0v) is 16.5. The van der Waals surface area contributed by atoms with Crippen molar-refractivity contribution < 1.29 is 9.18 Å². The molecule has 8 heteroatoms. The van der Waals surface area contributed by atoms with Gasteiger partial charge in [-0.1, -0.05) is 25.0 Å². The Balaban J connectivity index is 1.34. The number of halogens is 1. The maximum absolute atomic E-state index is 14.0. The molecule has 1 saturated carbocycles. The van der Waals surface area contributed by atoms with Gasteiger partial charge in [-0.25, -0.2) is 8.91 Å². The minimum Gasteiger partial charge on any atom is -0.355 e. The van der Waals surface area contributed by atoms with Crippen LogP contribution >= 0.6 is 23.1 Å². The Labute approximate surface area is 165 Å². The molecule has 2 heterocycles. The molecule has 3 aromatic rings. The number of amides is 1. The van der Waals surface area contributed by atoms with E-state index in [2.05, 4.69) is 15.4 Å². The first kappa shape index (κ1) is 18.4. The largest absolute Gasteiger partial charge is 0.355 e. The maximum Gasteiger partial charge on any atom is 0.230 e. The van der Waals surface area contributed by atoms with Crippen molar-refractivity contribution in [3.63, 3.8) is 0 Å². The van der Waals surface area contributed by atoms with Crippen LogP contribution in [0.15, 0.2) is 29.6 Å². The van der Waals surface area contributed by atoms with Crippen molar-refractivity contribution in [1.29, 1.82) is 0 Å². The topological polar surface area (TPSA) is 59.3 Å². The third-order valence-corrected chi connectivity index (χ3v) is 6.96. The number of hydrogen-bond acceptors (Lipinski definition) is 5. The van der Waals surface area contributed by atoms with Crippen molar-refractivity contribution in [2.75, 3.05) is 12.3 Å². The molecule has 142 valence electrons. The fourth-order valence-electron chi connectivity index (χ4n) is 3.28. The second-order valence-corrected chi connectivity index (χ2v) is 8.78. The predicted molar refractivity (Wildman–Crippen MR) is 108 cm³/mol. The van der Waals surface area contributed by atoms with Gasteiger partial charge in [-0.05, 0) is 25.0 Å². The minimum absolute atomic E-state index is 0.0870. The Morgan fingerprint density at radius 3 is 2.96 bits per heavy atom. The van der Waals surface area contributed by atoms with Gasteiger partial charge in [0.05, 0.1) is 17.0 Å². The molecule has 27 heavy (non-hydrogen) atoms. The van der Waals surface area contributed by atoms with Gasteiger partial charge in [0.15, 0.2) is 5.82 Å². The van der Waals surface area contributed by atoms with E-state index in [0.29, 0.717) is 35.4 Å². The lowest BCUT2D eigenvalue weighted by atomic mass is 10.2. The molecule has 0 unspecified atom stereocenters. The lowest BCUT2D eigenvalue weighted by Gasteiger charge is -2.08. The number of nitrogens with zero attached hydrogens (tertiary/aromatic N) is 3. The van der Waals surface area contributed by atoms with Crippen molar-refractivity contribution in [3.05, 3.63) is 41.2 Å². The number of nitrogens with one attached hydrogen (secondary N) is 1. The van der Waals surface area contributed by atoms with Crippen LogP contribution in [0.5, 0.6) is 0 Å². The zero-order valence-electron chi connectivity index (χ0n) is 14.9. The number of thioether (sulfide) groups is 1. The first-order valence-corrected chi connectivity index (χ1v) is 11.1. The summed E-state index contributed by atoms with van der Waals surface area (Å²) in [6.45, 7) is 0.560. The molecule has 1 amide bonds. The third kappa shape index (κ3) is 4.32. The molecule has 5 nitrogen and oxygen atoms in total. The molecule has 1 N–H and O–H groups in total. The van der Waals surface area contributed by atoms with Crippen molar-refractivity contribution in [2.24, 2.45) is 0 Å². The number of benzene rings is 1. The summed E-state index contributed by atoms with van der Waals surface area (Å²) in [6.07, 6.45) is 5.73. The van der Waals surface area contributed by atoms with Crippen LogP contribution in [-0.4, -0.2) is 38.1 Å². The minimum atomic E-state index is -0.329. The summed E-state index contributed by atoms with van der Waals surface area (Å²) < 4.78 is 15.7. The number of rotatable bonds is 7. The Bertz CT molecular complexity index is 933.